The molecule has 16 heavy (non-hydrogen) atoms. The molecule has 2 aromatic carbocycles. The second-order valence-corrected chi connectivity index (χ2v) is 4.19. The van der Waals surface area contributed by atoms with Gasteiger partial charge in [-0.3, -0.25) is 0 Å². The summed E-state index contributed by atoms with van der Waals surface area (Å²) in [4.78, 5) is 0. The Labute approximate surface area is 93.6 Å². The Morgan fingerprint density at radius 3 is 1.56 bits per heavy atom. The minimum atomic E-state index is 1.24. The molecule has 2 nitrogen and oxygen atoms in total. The molecule has 0 amide bonds. The van der Waals surface area contributed by atoms with E-state index in [1.54, 1.807) is 0 Å². The van der Waals surface area contributed by atoms with Gasteiger partial charge in [-0.25, -0.2) is 0 Å². The van der Waals surface area contributed by atoms with E-state index in [9.17, 15) is 0 Å². The zero-order chi connectivity index (χ0) is 10.5. The fraction of sp³-hybridized carbons (Fsp3) is 0. The predicted octanol–water partition coefficient (Wildman–Crippen LogP) is 3.97. The largest absolute Gasteiger partial charge is 0.352 e. The Morgan fingerprint density at radius 1 is 0.625 bits per heavy atom. The highest BCUT2D eigenvalue weighted by Gasteiger charge is 2.15. The van der Waals surface area contributed by atoms with Gasteiger partial charge < -0.3 is 10.6 Å². The first-order chi connectivity index (χ1) is 7.88. The highest BCUT2D eigenvalue weighted by molar-refractivity contribution is 5.93. The van der Waals surface area contributed by atoms with Crippen LogP contribution in [0.2, 0.25) is 0 Å². The lowest BCUT2D eigenvalue weighted by Crippen LogP contribution is -1.68. The van der Waals surface area contributed by atoms with E-state index in [1.807, 2.05) is 0 Å². The Bertz CT molecular complexity index is 571. The van der Waals surface area contributed by atoms with Crippen LogP contribution in [0.25, 0.3) is 12.2 Å². The number of benzene rings is 2. The maximum Gasteiger partial charge on any atom is 0.0630 e. The van der Waals surface area contributed by atoms with Crippen LogP contribution < -0.4 is 10.6 Å². The van der Waals surface area contributed by atoms with E-state index in [-0.39, 0.29) is 0 Å². The number of hydrogen-bond donors (Lipinski definition) is 2. The average Bonchev–Trinajstić information content (AvgIpc) is 3.19. The zero-order valence-corrected chi connectivity index (χ0v) is 8.62. The molecule has 2 aliphatic rings. The van der Waals surface area contributed by atoms with Crippen LogP contribution >= 0.6 is 0 Å². The van der Waals surface area contributed by atoms with Crippen LogP contribution in [0.5, 0.6) is 0 Å². The molecule has 2 N–H and O–H groups in total. The number of rotatable bonds is 2. The van der Waals surface area contributed by atoms with Gasteiger partial charge in [0.1, 0.15) is 0 Å². The summed E-state index contributed by atoms with van der Waals surface area (Å²) in [5, 5.41) is 6.40. The van der Waals surface area contributed by atoms with E-state index >= 15 is 0 Å². The van der Waals surface area contributed by atoms with Crippen LogP contribution in [0.4, 0.5) is 22.7 Å². The van der Waals surface area contributed by atoms with Crippen molar-refractivity contribution in [1.29, 1.82) is 0 Å². The first kappa shape index (κ1) is 7.99. The van der Waals surface area contributed by atoms with E-state index in [2.05, 4.69) is 59.2 Å². The predicted molar refractivity (Wildman–Crippen MR) is 68.4 cm³/mol. The third-order valence-electron chi connectivity index (χ3n) is 2.97. The van der Waals surface area contributed by atoms with Gasteiger partial charge in [0.15, 0.2) is 0 Å². The third kappa shape index (κ3) is 1.27. The summed E-state index contributed by atoms with van der Waals surface area (Å²) in [6.45, 7) is 0. The van der Waals surface area contributed by atoms with Gasteiger partial charge in [0.05, 0.1) is 22.7 Å². The first-order valence-electron chi connectivity index (χ1n) is 5.39. The zero-order valence-electron chi connectivity index (χ0n) is 8.62. The van der Waals surface area contributed by atoms with Crippen LogP contribution in [0.3, 0.4) is 0 Å². The molecule has 2 heteroatoms. The van der Waals surface area contributed by atoms with E-state index in [0.717, 1.165) is 0 Å². The SMILES string of the molecule is C(=Cc1ccc2c(c1)N2)c1ccc2c(c1)N2. The Morgan fingerprint density at radius 2 is 1.12 bits per heavy atom. The summed E-state index contributed by atoms with van der Waals surface area (Å²) in [5.41, 5.74) is 7.49. The van der Waals surface area contributed by atoms with E-state index in [1.165, 1.54) is 33.9 Å². The summed E-state index contributed by atoms with van der Waals surface area (Å²) < 4.78 is 0. The lowest BCUT2D eigenvalue weighted by atomic mass is 10.1. The summed E-state index contributed by atoms with van der Waals surface area (Å²) >= 11 is 0. The maximum atomic E-state index is 3.20. The fourth-order valence-electron chi connectivity index (χ4n) is 1.91. The summed E-state index contributed by atoms with van der Waals surface area (Å²) in [5.74, 6) is 0. The topological polar surface area (TPSA) is 43.9 Å². The van der Waals surface area contributed by atoms with Gasteiger partial charge in [-0.2, -0.15) is 0 Å². The van der Waals surface area contributed by atoms with Crippen LogP contribution in [0.15, 0.2) is 36.4 Å². The molecule has 0 aromatic heterocycles. The van der Waals surface area contributed by atoms with Gasteiger partial charge in [0, 0.05) is 0 Å². The summed E-state index contributed by atoms with van der Waals surface area (Å²) in [6, 6.07) is 12.8. The highest BCUT2D eigenvalue weighted by atomic mass is 15.0. The summed E-state index contributed by atoms with van der Waals surface area (Å²) in [7, 11) is 0. The van der Waals surface area contributed by atoms with E-state index < -0.39 is 0 Å². The Balaban J connectivity index is 1.63. The van der Waals surface area contributed by atoms with Gasteiger partial charge >= 0.3 is 0 Å². The molecule has 0 atom stereocenters. The number of hydrogen-bond acceptors (Lipinski definition) is 2. The first-order valence-corrected chi connectivity index (χ1v) is 5.39. The molecule has 0 saturated carbocycles. The van der Waals surface area contributed by atoms with Crippen molar-refractivity contribution < 1.29 is 0 Å². The quantitative estimate of drug-likeness (QED) is 0.385. The number of nitrogens with one attached hydrogen (secondary N) is 2. The summed E-state index contributed by atoms with van der Waals surface area (Å²) in [6.07, 6.45) is 4.29. The average molecular weight is 206 g/mol. The van der Waals surface area contributed by atoms with Crippen molar-refractivity contribution in [3.63, 3.8) is 0 Å². The highest BCUT2D eigenvalue weighted by Crippen LogP contribution is 2.40. The number of fused-ring (bicyclic) bond motifs is 2. The van der Waals surface area contributed by atoms with Gasteiger partial charge in [0.25, 0.3) is 0 Å². The van der Waals surface area contributed by atoms with Crippen molar-refractivity contribution in [1.82, 2.24) is 0 Å². The van der Waals surface area contributed by atoms with Crippen molar-refractivity contribution in [2.24, 2.45) is 0 Å². The van der Waals surface area contributed by atoms with Crippen molar-refractivity contribution >= 4 is 34.9 Å². The molecule has 0 spiro atoms. The van der Waals surface area contributed by atoms with Gasteiger partial charge in [-0.05, 0) is 35.4 Å². The molecule has 2 aromatic rings. The van der Waals surface area contributed by atoms with Crippen molar-refractivity contribution in [2.45, 2.75) is 0 Å². The van der Waals surface area contributed by atoms with Gasteiger partial charge in [-0.1, -0.05) is 24.3 Å². The molecule has 2 heterocycles. The minimum Gasteiger partial charge on any atom is -0.352 e. The Kier molecular flexibility index (Phi) is 1.33. The van der Waals surface area contributed by atoms with Gasteiger partial charge in [0.2, 0.25) is 0 Å². The smallest absolute Gasteiger partial charge is 0.0630 e. The second-order valence-electron chi connectivity index (χ2n) is 4.19. The van der Waals surface area contributed by atoms with Crippen LogP contribution in [-0.4, -0.2) is 0 Å². The molecule has 0 bridgehead atoms. The van der Waals surface area contributed by atoms with Crippen molar-refractivity contribution in [3.8, 4) is 0 Å². The fourth-order valence-corrected chi connectivity index (χ4v) is 1.91. The number of anilines is 4. The normalized spacial score (nSPS) is 13.8. The van der Waals surface area contributed by atoms with Crippen LogP contribution in [0, 0.1) is 0 Å². The van der Waals surface area contributed by atoms with E-state index in [0.29, 0.717) is 0 Å². The van der Waals surface area contributed by atoms with Gasteiger partial charge in [-0.15, -0.1) is 0 Å². The van der Waals surface area contributed by atoms with Crippen molar-refractivity contribution in [3.05, 3.63) is 47.5 Å². The standard InChI is InChI=1S/C14H10N2/c1(9-3-5-11-13(7-9)15-11)2-10-4-6-12-14(8-10)16-12/h1-8,15-16H. The van der Waals surface area contributed by atoms with E-state index in [4.69, 9.17) is 0 Å². The molecule has 0 unspecified atom stereocenters. The molecule has 0 saturated heterocycles. The van der Waals surface area contributed by atoms with Crippen LogP contribution in [-0.2, 0) is 0 Å². The lowest BCUT2D eigenvalue weighted by molar-refractivity contribution is 1.75. The van der Waals surface area contributed by atoms with Crippen LogP contribution in [0.1, 0.15) is 11.1 Å². The Hall–Kier alpha value is -2.22. The molecule has 2 aliphatic heterocycles. The van der Waals surface area contributed by atoms with Crippen molar-refractivity contribution in [2.75, 3.05) is 10.6 Å². The molecule has 76 valence electrons. The monoisotopic (exact) mass is 206 g/mol. The minimum absolute atomic E-state index is 1.24. The molecular weight excluding hydrogens is 196 g/mol. The molecule has 0 aliphatic carbocycles. The molecular formula is C14H10N2. The second kappa shape index (κ2) is 2.67. The molecule has 4 rings (SSSR count). The molecule has 0 fully saturated rings. The molecule has 0 radical (unpaired) electrons. The third-order valence-corrected chi connectivity index (χ3v) is 2.97. The maximum absolute atomic E-state index is 3.20. The lowest BCUT2D eigenvalue weighted by Gasteiger charge is -1.90.